The highest BCUT2D eigenvalue weighted by atomic mass is 79.9. The van der Waals surface area contributed by atoms with Crippen LogP contribution in [-0.4, -0.2) is 24.2 Å². The second kappa shape index (κ2) is 6.88. The van der Waals surface area contributed by atoms with Crippen molar-refractivity contribution in [3.05, 3.63) is 53.0 Å². The van der Waals surface area contributed by atoms with Crippen molar-refractivity contribution in [2.45, 2.75) is 0 Å². The molecule has 6 heteroatoms. The molecule has 1 aromatic heterocycles. The Labute approximate surface area is 148 Å². The highest BCUT2D eigenvalue weighted by Gasteiger charge is 2.10. The molecule has 0 fully saturated rings. The molecule has 0 amide bonds. The third-order valence-electron chi connectivity index (χ3n) is 3.54. The second-order valence-corrected chi connectivity index (χ2v) is 5.99. The molecule has 2 aromatic carbocycles. The first-order valence-electron chi connectivity index (χ1n) is 7.23. The van der Waals surface area contributed by atoms with E-state index < -0.39 is 0 Å². The van der Waals surface area contributed by atoms with E-state index in [2.05, 4.69) is 25.9 Å². The first kappa shape index (κ1) is 16.3. The first-order chi connectivity index (χ1) is 11.6. The van der Waals surface area contributed by atoms with Crippen LogP contribution in [0.25, 0.3) is 22.5 Å². The van der Waals surface area contributed by atoms with Crippen LogP contribution in [0, 0.1) is 0 Å². The van der Waals surface area contributed by atoms with E-state index in [0.717, 1.165) is 27.0 Å². The second-order valence-electron chi connectivity index (χ2n) is 5.08. The fraction of sp³-hybridized carbons (Fsp3) is 0.111. The number of nitrogens with two attached hydrogens (primary N) is 1. The van der Waals surface area contributed by atoms with Gasteiger partial charge in [0.15, 0.2) is 11.5 Å². The molecule has 5 nitrogen and oxygen atoms in total. The standard InChI is InChI=1S/C18H16BrN3O2/c1-23-16-7-6-12(9-17(16)24-2)15-10-14(21-18(20)22-15)11-4-3-5-13(19)8-11/h3-10H,1-2H3,(H2,20,21,22). The van der Waals surface area contributed by atoms with Crippen molar-refractivity contribution in [2.75, 3.05) is 20.0 Å². The van der Waals surface area contributed by atoms with Crippen LogP contribution >= 0.6 is 15.9 Å². The zero-order valence-corrected chi connectivity index (χ0v) is 14.9. The van der Waals surface area contributed by atoms with Crippen LogP contribution < -0.4 is 15.2 Å². The molecule has 0 aliphatic carbocycles. The van der Waals surface area contributed by atoms with Crippen molar-refractivity contribution in [2.24, 2.45) is 0 Å². The molecule has 0 atom stereocenters. The summed E-state index contributed by atoms with van der Waals surface area (Å²) in [6.07, 6.45) is 0. The number of halogens is 1. The van der Waals surface area contributed by atoms with E-state index in [1.165, 1.54) is 0 Å². The van der Waals surface area contributed by atoms with Crippen LogP contribution in [-0.2, 0) is 0 Å². The molecule has 0 bridgehead atoms. The van der Waals surface area contributed by atoms with E-state index >= 15 is 0 Å². The number of rotatable bonds is 4. The van der Waals surface area contributed by atoms with Gasteiger partial charge in [0.1, 0.15) is 0 Å². The molecule has 3 aromatic rings. The Morgan fingerprint density at radius 1 is 0.833 bits per heavy atom. The first-order valence-corrected chi connectivity index (χ1v) is 8.03. The van der Waals surface area contributed by atoms with Crippen molar-refractivity contribution in [1.82, 2.24) is 9.97 Å². The SMILES string of the molecule is COc1ccc(-c2cc(-c3cccc(Br)c3)nc(N)n2)cc1OC. The Morgan fingerprint density at radius 3 is 2.12 bits per heavy atom. The number of aromatic nitrogens is 2. The van der Waals surface area contributed by atoms with Gasteiger partial charge in [-0.25, -0.2) is 9.97 Å². The molecular formula is C18H16BrN3O2. The van der Waals surface area contributed by atoms with E-state index in [4.69, 9.17) is 15.2 Å². The summed E-state index contributed by atoms with van der Waals surface area (Å²) in [5.74, 6) is 1.52. The molecule has 0 saturated carbocycles. The Kier molecular flexibility index (Phi) is 4.66. The van der Waals surface area contributed by atoms with Crippen molar-refractivity contribution < 1.29 is 9.47 Å². The van der Waals surface area contributed by atoms with E-state index in [1.54, 1.807) is 14.2 Å². The van der Waals surface area contributed by atoms with Crippen LogP contribution in [0.4, 0.5) is 5.95 Å². The zero-order valence-electron chi connectivity index (χ0n) is 13.3. The fourth-order valence-electron chi connectivity index (χ4n) is 2.40. The lowest BCUT2D eigenvalue weighted by atomic mass is 10.1. The summed E-state index contributed by atoms with van der Waals surface area (Å²) in [5.41, 5.74) is 9.22. The van der Waals surface area contributed by atoms with Gasteiger partial charge in [0.05, 0.1) is 25.6 Å². The summed E-state index contributed by atoms with van der Waals surface area (Å²) in [6, 6.07) is 15.4. The monoisotopic (exact) mass is 385 g/mol. The van der Waals surface area contributed by atoms with Gasteiger partial charge in [0.2, 0.25) is 5.95 Å². The Morgan fingerprint density at radius 2 is 1.50 bits per heavy atom. The Hall–Kier alpha value is -2.60. The van der Waals surface area contributed by atoms with E-state index in [1.807, 2.05) is 48.5 Å². The van der Waals surface area contributed by atoms with Crippen molar-refractivity contribution in [3.8, 4) is 34.0 Å². The van der Waals surface area contributed by atoms with E-state index in [-0.39, 0.29) is 5.95 Å². The van der Waals surface area contributed by atoms with Crippen molar-refractivity contribution in [1.29, 1.82) is 0 Å². The zero-order chi connectivity index (χ0) is 17.1. The predicted octanol–water partition coefficient (Wildman–Crippen LogP) is 4.17. The van der Waals surface area contributed by atoms with Crippen LogP contribution in [0.3, 0.4) is 0 Å². The Bertz CT molecular complexity index is 884. The molecule has 0 unspecified atom stereocenters. The number of benzene rings is 2. The maximum atomic E-state index is 5.91. The van der Waals surface area contributed by atoms with Gasteiger partial charge in [-0.2, -0.15) is 0 Å². The van der Waals surface area contributed by atoms with Crippen LogP contribution in [0.15, 0.2) is 53.0 Å². The number of ether oxygens (including phenoxy) is 2. The molecular weight excluding hydrogens is 370 g/mol. The molecule has 122 valence electrons. The van der Waals surface area contributed by atoms with Crippen molar-refractivity contribution >= 4 is 21.9 Å². The van der Waals surface area contributed by atoms with Gasteiger partial charge in [0, 0.05) is 15.6 Å². The van der Waals surface area contributed by atoms with Gasteiger partial charge in [0.25, 0.3) is 0 Å². The minimum atomic E-state index is 0.220. The molecule has 0 aliphatic rings. The third kappa shape index (κ3) is 3.33. The van der Waals surface area contributed by atoms with Gasteiger partial charge >= 0.3 is 0 Å². The maximum absolute atomic E-state index is 5.91. The minimum absolute atomic E-state index is 0.220. The molecule has 1 heterocycles. The quantitative estimate of drug-likeness (QED) is 0.729. The van der Waals surface area contributed by atoms with Crippen LogP contribution in [0.5, 0.6) is 11.5 Å². The summed E-state index contributed by atoms with van der Waals surface area (Å²) in [5, 5.41) is 0. The highest BCUT2D eigenvalue weighted by Crippen LogP contribution is 2.33. The van der Waals surface area contributed by atoms with Gasteiger partial charge in [-0.1, -0.05) is 28.1 Å². The molecule has 0 aliphatic heterocycles. The molecule has 0 radical (unpaired) electrons. The molecule has 3 rings (SSSR count). The highest BCUT2D eigenvalue weighted by molar-refractivity contribution is 9.10. The number of hydrogen-bond donors (Lipinski definition) is 1. The average molecular weight is 386 g/mol. The number of nitrogen functional groups attached to an aromatic ring is 1. The minimum Gasteiger partial charge on any atom is -0.493 e. The van der Waals surface area contributed by atoms with E-state index in [9.17, 15) is 0 Å². The van der Waals surface area contributed by atoms with Crippen molar-refractivity contribution in [3.63, 3.8) is 0 Å². The molecule has 0 saturated heterocycles. The third-order valence-corrected chi connectivity index (χ3v) is 4.04. The molecule has 2 N–H and O–H groups in total. The number of nitrogens with zero attached hydrogens (tertiary/aromatic N) is 2. The summed E-state index contributed by atoms with van der Waals surface area (Å²) in [6.45, 7) is 0. The summed E-state index contributed by atoms with van der Waals surface area (Å²) >= 11 is 3.47. The molecule has 24 heavy (non-hydrogen) atoms. The lowest BCUT2D eigenvalue weighted by Crippen LogP contribution is -1.99. The fourth-order valence-corrected chi connectivity index (χ4v) is 2.80. The number of methoxy groups -OCH3 is 2. The summed E-state index contributed by atoms with van der Waals surface area (Å²) < 4.78 is 11.6. The topological polar surface area (TPSA) is 70.3 Å². The largest absolute Gasteiger partial charge is 0.493 e. The summed E-state index contributed by atoms with van der Waals surface area (Å²) in [4.78, 5) is 8.68. The molecule has 0 spiro atoms. The normalized spacial score (nSPS) is 10.5. The number of hydrogen-bond acceptors (Lipinski definition) is 5. The smallest absolute Gasteiger partial charge is 0.221 e. The van der Waals surface area contributed by atoms with Gasteiger partial charge in [-0.05, 0) is 36.4 Å². The lowest BCUT2D eigenvalue weighted by molar-refractivity contribution is 0.355. The van der Waals surface area contributed by atoms with Gasteiger partial charge in [-0.3, -0.25) is 0 Å². The summed E-state index contributed by atoms with van der Waals surface area (Å²) in [7, 11) is 3.20. The van der Waals surface area contributed by atoms with Gasteiger partial charge < -0.3 is 15.2 Å². The van der Waals surface area contributed by atoms with Crippen LogP contribution in [0.2, 0.25) is 0 Å². The van der Waals surface area contributed by atoms with Gasteiger partial charge in [-0.15, -0.1) is 0 Å². The van der Waals surface area contributed by atoms with E-state index in [0.29, 0.717) is 11.5 Å². The average Bonchev–Trinajstić information content (AvgIpc) is 2.60. The lowest BCUT2D eigenvalue weighted by Gasteiger charge is -2.10. The number of anilines is 1. The Balaban J connectivity index is 2.09. The van der Waals surface area contributed by atoms with Crippen LogP contribution in [0.1, 0.15) is 0 Å². The predicted molar refractivity (Wildman–Crippen MR) is 98.1 cm³/mol. The maximum Gasteiger partial charge on any atom is 0.221 e.